The third kappa shape index (κ3) is 4.34. The molecule has 30 heavy (non-hydrogen) atoms. The second kappa shape index (κ2) is 8.49. The second-order valence-corrected chi connectivity index (χ2v) is 9.20. The number of sulfonamides is 1. The number of hydrogen-bond donors (Lipinski definition) is 1. The third-order valence-electron chi connectivity index (χ3n) is 5.13. The van der Waals surface area contributed by atoms with Crippen LogP contribution in [0.2, 0.25) is 0 Å². The van der Waals surface area contributed by atoms with Crippen molar-refractivity contribution in [3.8, 4) is 11.5 Å². The van der Waals surface area contributed by atoms with E-state index in [0.717, 1.165) is 30.3 Å². The Labute approximate surface area is 174 Å². The van der Waals surface area contributed by atoms with Crippen LogP contribution in [-0.4, -0.2) is 43.1 Å². The van der Waals surface area contributed by atoms with E-state index in [-0.39, 0.29) is 18.2 Å². The van der Waals surface area contributed by atoms with E-state index in [1.165, 1.54) is 22.6 Å². The Bertz CT molecular complexity index is 1100. The predicted octanol–water partition coefficient (Wildman–Crippen LogP) is 1.78. The molecule has 1 saturated heterocycles. The number of nitrogens with one attached hydrogen (secondary N) is 1. The number of carbonyl (C=O) groups excluding carboxylic acids is 1. The van der Waals surface area contributed by atoms with Gasteiger partial charge in [0.05, 0.1) is 4.90 Å². The molecule has 1 fully saturated rings. The first-order valence-electron chi connectivity index (χ1n) is 9.84. The van der Waals surface area contributed by atoms with Crippen molar-refractivity contribution in [3.05, 3.63) is 46.9 Å². The van der Waals surface area contributed by atoms with E-state index in [1.807, 2.05) is 0 Å². The summed E-state index contributed by atoms with van der Waals surface area (Å²) in [6.07, 6.45) is 4.88. The molecule has 1 aromatic carbocycles. The van der Waals surface area contributed by atoms with Crippen LogP contribution in [0.4, 0.5) is 5.69 Å². The van der Waals surface area contributed by atoms with E-state index in [2.05, 4.69) is 5.32 Å². The van der Waals surface area contributed by atoms with Gasteiger partial charge in [-0.2, -0.15) is 4.31 Å². The molecule has 10 heteroatoms. The number of fused-ring (bicyclic) bond motifs is 1. The molecule has 0 atom stereocenters. The lowest BCUT2D eigenvalue weighted by Gasteiger charge is -2.20. The lowest BCUT2D eigenvalue weighted by molar-refractivity contribution is -0.116. The van der Waals surface area contributed by atoms with Gasteiger partial charge in [-0.15, -0.1) is 0 Å². The standard InChI is InChI=1S/C20H23N3O6S/c24-19(21-15-5-7-17-18(11-15)29-14-28-17)13-22-12-16(6-8-20(22)25)30(26,27)23-9-3-1-2-4-10-23/h5-8,11-12H,1-4,9-10,13-14H2,(H,21,24). The SMILES string of the molecule is O=C(Cn1cc(S(=O)(=O)N2CCCCCC2)ccc1=O)Nc1ccc2c(c1)OCO2. The van der Waals surface area contributed by atoms with Crippen LogP contribution in [0.1, 0.15) is 25.7 Å². The van der Waals surface area contributed by atoms with Crippen molar-refractivity contribution < 1.29 is 22.7 Å². The van der Waals surface area contributed by atoms with Gasteiger partial charge in [0.2, 0.25) is 22.7 Å². The predicted molar refractivity (Wildman–Crippen MR) is 109 cm³/mol. The van der Waals surface area contributed by atoms with Gasteiger partial charge >= 0.3 is 0 Å². The minimum atomic E-state index is -3.71. The van der Waals surface area contributed by atoms with Crippen LogP contribution in [0.3, 0.4) is 0 Å². The minimum absolute atomic E-state index is 0.0138. The number of hydrogen-bond acceptors (Lipinski definition) is 6. The maximum absolute atomic E-state index is 13.0. The molecule has 2 aliphatic heterocycles. The number of aromatic nitrogens is 1. The summed E-state index contributed by atoms with van der Waals surface area (Å²) in [6.45, 7) is 0.745. The fraction of sp³-hybridized carbons (Fsp3) is 0.400. The zero-order chi connectivity index (χ0) is 21.1. The van der Waals surface area contributed by atoms with Crippen molar-refractivity contribution in [3.63, 3.8) is 0 Å². The number of rotatable bonds is 5. The lowest BCUT2D eigenvalue weighted by atomic mass is 10.2. The van der Waals surface area contributed by atoms with Crippen molar-refractivity contribution >= 4 is 21.6 Å². The molecule has 0 radical (unpaired) electrons. The van der Waals surface area contributed by atoms with Crippen LogP contribution in [0, 0.1) is 0 Å². The van der Waals surface area contributed by atoms with E-state index in [1.54, 1.807) is 18.2 Å². The number of nitrogens with zero attached hydrogens (tertiary/aromatic N) is 2. The minimum Gasteiger partial charge on any atom is -0.454 e. The summed E-state index contributed by atoms with van der Waals surface area (Å²) in [5, 5.41) is 2.68. The van der Waals surface area contributed by atoms with Crippen molar-refractivity contribution in [2.24, 2.45) is 0 Å². The van der Waals surface area contributed by atoms with Crippen LogP contribution >= 0.6 is 0 Å². The second-order valence-electron chi connectivity index (χ2n) is 7.27. The molecule has 4 rings (SSSR count). The number of carbonyl (C=O) groups is 1. The highest BCUT2D eigenvalue weighted by atomic mass is 32.2. The molecule has 9 nitrogen and oxygen atoms in total. The van der Waals surface area contributed by atoms with Crippen molar-refractivity contribution in [2.45, 2.75) is 37.1 Å². The number of amides is 1. The van der Waals surface area contributed by atoms with Crippen LogP contribution in [0.15, 0.2) is 46.2 Å². The summed E-state index contributed by atoms with van der Waals surface area (Å²) >= 11 is 0. The first-order valence-corrected chi connectivity index (χ1v) is 11.3. The monoisotopic (exact) mass is 433 g/mol. The Morgan fingerprint density at radius 1 is 1.00 bits per heavy atom. The molecule has 0 unspecified atom stereocenters. The van der Waals surface area contributed by atoms with Crippen LogP contribution in [0.25, 0.3) is 0 Å². The van der Waals surface area contributed by atoms with Crippen LogP contribution < -0.4 is 20.3 Å². The van der Waals surface area contributed by atoms with E-state index in [4.69, 9.17) is 9.47 Å². The zero-order valence-corrected chi connectivity index (χ0v) is 17.2. The molecule has 1 aromatic heterocycles. The lowest BCUT2D eigenvalue weighted by Crippen LogP contribution is -2.33. The molecule has 160 valence electrons. The summed E-state index contributed by atoms with van der Waals surface area (Å²) in [5.74, 6) is 0.659. The van der Waals surface area contributed by atoms with Crippen molar-refractivity contribution in [2.75, 3.05) is 25.2 Å². The molecule has 0 bridgehead atoms. The molecule has 3 heterocycles. The van der Waals surface area contributed by atoms with Gasteiger partial charge in [-0.3, -0.25) is 9.59 Å². The average molecular weight is 433 g/mol. The molecule has 0 spiro atoms. The van der Waals surface area contributed by atoms with Gasteiger partial charge in [0.15, 0.2) is 11.5 Å². The van der Waals surface area contributed by atoms with E-state index in [9.17, 15) is 18.0 Å². The molecule has 0 aliphatic carbocycles. The van der Waals surface area contributed by atoms with Gasteiger partial charge in [0, 0.05) is 37.1 Å². The van der Waals surface area contributed by atoms with E-state index in [0.29, 0.717) is 30.3 Å². The summed E-state index contributed by atoms with van der Waals surface area (Å²) in [7, 11) is -3.71. The van der Waals surface area contributed by atoms with Crippen molar-refractivity contribution in [1.29, 1.82) is 0 Å². The maximum atomic E-state index is 13.0. The van der Waals surface area contributed by atoms with Gasteiger partial charge in [0.1, 0.15) is 6.54 Å². The van der Waals surface area contributed by atoms with E-state index >= 15 is 0 Å². The molecule has 2 aromatic rings. The third-order valence-corrected chi connectivity index (χ3v) is 7.01. The fourth-order valence-corrected chi connectivity index (χ4v) is 5.08. The Morgan fingerprint density at radius 2 is 1.73 bits per heavy atom. The highest BCUT2D eigenvalue weighted by Gasteiger charge is 2.26. The smallest absolute Gasteiger partial charge is 0.251 e. The normalized spacial score (nSPS) is 16.8. The number of pyridine rings is 1. The Hall–Kier alpha value is -2.85. The number of ether oxygens (including phenoxy) is 2. The highest BCUT2D eigenvalue weighted by Crippen LogP contribution is 2.34. The van der Waals surface area contributed by atoms with Gasteiger partial charge in [-0.05, 0) is 31.0 Å². The van der Waals surface area contributed by atoms with Crippen LogP contribution in [-0.2, 0) is 21.4 Å². The largest absolute Gasteiger partial charge is 0.454 e. The van der Waals surface area contributed by atoms with E-state index < -0.39 is 21.5 Å². The summed E-state index contributed by atoms with van der Waals surface area (Å²) in [6, 6.07) is 7.45. The van der Waals surface area contributed by atoms with Gasteiger partial charge in [-0.25, -0.2) is 8.42 Å². The maximum Gasteiger partial charge on any atom is 0.251 e. The Morgan fingerprint density at radius 3 is 2.50 bits per heavy atom. The van der Waals surface area contributed by atoms with Gasteiger partial charge in [0.25, 0.3) is 5.56 Å². The molecular weight excluding hydrogens is 410 g/mol. The number of benzene rings is 1. The van der Waals surface area contributed by atoms with Crippen LogP contribution in [0.5, 0.6) is 11.5 Å². The average Bonchev–Trinajstić information content (AvgIpc) is 3.00. The molecule has 2 aliphatic rings. The molecule has 0 saturated carbocycles. The first kappa shape index (κ1) is 20.4. The molecule has 1 amide bonds. The summed E-state index contributed by atoms with van der Waals surface area (Å²) < 4.78 is 39.0. The molecular formula is C20H23N3O6S. The Kier molecular flexibility index (Phi) is 5.78. The summed E-state index contributed by atoms with van der Waals surface area (Å²) in [5.41, 5.74) is 0.0382. The fourth-order valence-electron chi connectivity index (χ4n) is 3.55. The Balaban J connectivity index is 1.50. The van der Waals surface area contributed by atoms with Gasteiger partial charge in [-0.1, -0.05) is 12.8 Å². The summed E-state index contributed by atoms with van der Waals surface area (Å²) in [4.78, 5) is 24.7. The first-order chi connectivity index (χ1) is 14.4. The van der Waals surface area contributed by atoms with Gasteiger partial charge < -0.3 is 19.4 Å². The quantitative estimate of drug-likeness (QED) is 0.770. The van der Waals surface area contributed by atoms with Crippen molar-refractivity contribution in [1.82, 2.24) is 8.87 Å². The number of anilines is 1. The molecule has 1 N–H and O–H groups in total. The zero-order valence-electron chi connectivity index (χ0n) is 16.4. The highest BCUT2D eigenvalue weighted by molar-refractivity contribution is 7.89. The topological polar surface area (TPSA) is 107 Å².